The molecule has 0 aliphatic carbocycles. The van der Waals surface area contributed by atoms with Crippen molar-refractivity contribution in [3.63, 3.8) is 0 Å². The molecule has 112 valence electrons. The number of hydrogen-bond donors (Lipinski definition) is 0. The molecule has 0 saturated carbocycles. The highest BCUT2D eigenvalue weighted by Crippen LogP contribution is 2.03. The van der Waals surface area contributed by atoms with Crippen molar-refractivity contribution < 1.29 is 23.9 Å². The minimum Gasteiger partial charge on any atom is -0.458 e. The van der Waals surface area contributed by atoms with Gasteiger partial charge in [-0.15, -0.1) is 0 Å². The van der Waals surface area contributed by atoms with Crippen LogP contribution in [0.4, 0.5) is 0 Å². The number of Topliss-reactive ketones (excluding diaryl/α,β-unsaturated/α-hetero) is 1. The molecule has 0 fully saturated rings. The van der Waals surface area contributed by atoms with Crippen molar-refractivity contribution in [1.29, 1.82) is 0 Å². The van der Waals surface area contributed by atoms with Crippen LogP contribution in [-0.2, 0) is 14.3 Å². The van der Waals surface area contributed by atoms with Crippen LogP contribution in [0.5, 0.6) is 0 Å². The second-order valence-electron chi connectivity index (χ2n) is 4.33. The van der Waals surface area contributed by atoms with Gasteiger partial charge in [-0.25, -0.2) is 9.59 Å². The Morgan fingerprint density at radius 3 is 1.77 bits per heavy atom. The van der Waals surface area contributed by atoms with E-state index in [9.17, 15) is 14.4 Å². The van der Waals surface area contributed by atoms with Gasteiger partial charge in [0.05, 0.1) is 5.56 Å². The van der Waals surface area contributed by atoms with E-state index in [1.807, 2.05) is 0 Å². The standard InChI is InChI=1S/C17H14O5/c18-15(13-7-3-1-4-8-13)17(20)22-12-11-21-16(19)14-9-5-2-6-10-14/h1-10H,11-12H2. The van der Waals surface area contributed by atoms with Gasteiger partial charge in [0, 0.05) is 5.56 Å². The fraction of sp³-hybridized carbons (Fsp3) is 0.118. The van der Waals surface area contributed by atoms with Crippen molar-refractivity contribution >= 4 is 17.7 Å². The van der Waals surface area contributed by atoms with Crippen LogP contribution in [-0.4, -0.2) is 30.9 Å². The molecule has 0 amide bonds. The maximum atomic E-state index is 11.7. The molecule has 0 unspecified atom stereocenters. The van der Waals surface area contributed by atoms with E-state index in [-0.39, 0.29) is 18.8 Å². The summed E-state index contributed by atoms with van der Waals surface area (Å²) in [7, 11) is 0. The number of ether oxygens (including phenoxy) is 2. The van der Waals surface area contributed by atoms with E-state index in [4.69, 9.17) is 9.47 Å². The molecule has 0 spiro atoms. The number of hydrogen-bond acceptors (Lipinski definition) is 5. The molecule has 2 rings (SSSR count). The Balaban J connectivity index is 1.74. The average Bonchev–Trinajstić information content (AvgIpc) is 2.59. The maximum absolute atomic E-state index is 11.7. The van der Waals surface area contributed by atoms with Crippen molar-refractivity contribution in [3.8, 4) is 0 Å². The molecule has 0 atom stereocenters. The highest BCUT2D eigenvalue weighted by molar-refractivity contribution is 6.40. The Labute approximate surface area is 127 Å². The summed E-state index contributed by atoms with van der Waals surface area (Å²) in [6.07, 6.45) is 0. The smallest absolute Gasteiger partial charge is 0.379 e. The molecule has 0 aliphatic heterocycles. The summed E-state index contributed by atoms with van der Waals surface area (Å²) in [6, 6.07) is 16.6. The molecule has 5 heteroatoms. The zero-order valence-corrected chi connectivity index (χ0v) is 11.7. The quantitative estimate of drug-likeness (QED) is 0.354. The predicted molar refractivity (Wildman–Crippen MR) is 78.5 cm³/mol. The fourth-order valence-electron chi connectivity index (χ4n) is 1.70. The highest BCUT2D eigenvalue weighted by atomic mass is 16.6. The number of rotatable bonds is 6. The number of carbonyl (C=O) groups is 3. The third-order valence-corrected chi connectivity index (χ3v) is 2.78. The van der Waals surface area contributed by atoms with Gasteiger partial charge in [-0.1, -0.05) is 48.5 Å². The monoisotopic (exact) mass is 298 g/mol. The molecule has 2 aromatic rings. The summed E-state index contributed by atoms with van der Waals surface area (Å²) >= 11 is 0. The van der Waals surface area contributed by atoms with E-state index in [1.165, 1.54) is 12.1 Å². The van der Waals surface area contributed by atoms with E-state index in [1.54, 1.807) is 48.5 Å². The molecule has 2 aromatic carbocycles. The lowest BCUT2D eigenvalue weighted by Gasteiger charge is -2.06. The van der Waals surface area contributed by atoms with E-state index in [0.717, 1.165) is 0 Å². The van der Waals surface area contributed by atoms with Gasteiger partial charge in [-0.05, 0) is 12.1 Å². The van der Waals surface area contributed by atoms with Crippen LogP contribution in [0.3, 0.4) is 0 Å². The summed E-state index contributed by atoms with van der Waals surface area (Å²) < 4.78 is 9.72. The zero-order chi connectivity index (χ0) is 15.8. The van der Waals surface area contributed by atoms with Crippen molar-refractivity contribution in [1.82, 2.24) is 0 Å². The van der Waals surface area contributed by atoms with E-state index in [0.29, 0.717) is 5.56 Å². The van der Waals surface area contributed by atoms with Crippen molar-refractivity contribution in [2.24, 2.45) is 0 Å². The van der Waals surface area contributed by atoms with Crippen LogP contribution in [0.15, 0.2) is 60.7 Å². The molecular formula is C17H14O5. The first kappa shape index (κ1) is 15.4. The Morgan fingerprint density at radius 1 is 0.682 bits per heavy atom. The Bertz CT molecular complexity index is 649. The van der Waals surface area contributed by atoms with E-state index < -0.39 is 17.7 Å². The zero-order valence-electron chi connectivity index (χ0n) is 11.7. The fourth-order valence-corrected chi connectivity index (χ4v) is 1.70. The number of ketones is 1. The first-order valence-electron chi connectivity index (χ1n) is 6.67. The summed E-state index contributed by atoms with van der Waals surface area (Å²) in [5.74, 6) is -2.21. The minimum absolute atomic E-state index is 0.110. The minimum atomic E-state index is -0.970. The molecule has 5 nitrogen and oxygen atoms in total. The lowest BCUT2D eigenvalue weighted by molar-refractivity contribution is -0.139. The second kappa shape index (κ2) is 7.73. The Hall–Kier alpha value is -2.95. The van der Waals surface area contributed by atoms with Crippen LogP contribution in [0, 0.1) is 0 Å². The van der Waals surface area contributed by atoms with Crippen LogP contribution in [0.2, 0.25) is 0 Å². The number of carbonyl (C=O) groups excluding carboxylic acids is 3. The molecule has 0 heterocycles. The molecule has 0 aliphatic rings. The van der Waals surface area contributed by atoms with Gasteiger partial charge in [0.15, 0.2) is 0 Å². The molecular weight excluding hydrogens is 284 g/mol. The van der Waals surface area contributed by atoms with Gasteiger partial charge in [-0.3, -0.25) is 4.79 Å². The van der Waals surface area contributed by atoms with E-state index >= 15 is 0 Å². The molecule has 0 aromatic heterocycles. The largest absolute Gasteiger partial charge is 0.458 e. The van der Waals surface area contributed by atoms with Gasteiger partial charge in [-0.2, -0.15) is 0 Å². The number of esters is 2. The first-order chi connectivity index (χ1) is 10.7. The Morgan fingerprint density at radius 2 is 1.18 bits per heavy atom. The second-order valence-corrected chi connectivity index (χ2v) is 4.33. The topological polar surface area (TPSA) is 69.7 Å². The third-order valence-electron chi connectivity index (χ3n) is 2.78. The summed E-state index contributed by atoms with van der Waals surface area (Å²) in [5.41, 5.74) is 0.669. The van der Waals surface area contributed by atoms with Crippen LogP contribution in [0.1, 0.15) is 20.7 Å². The van der Waals surface area contributed by atoms with Gasteiger partial charge in [0.25, 0.3) is 5.78 Å². The highest BCUT2D eigenvalue weighted by Gasteiger charge is 2.17. The maximum Gasteiger partial charge on any atom is 0.379 e. The van der Waals surface area contributed by atoms with Crippen molar-refractivity contribution in [2.45, 2.75) is 0 Å². The summed E-state index contributed by atoms with van der Waals surface area (Å²) in [4.78, 5) is 34.9. The Kier molecular flexibility index (Phi) is 5.43. The van der Waals surface area contributed by atoms with E-state index in [2.05, 4.69) is 0 Å². The number of benzene rings is 2. The van der Waals surface area contributed by atoms with Crippen molar-refractivity contribution in [2.75, 3.05) is 13.2 Å². The molecule has 0 bridgehead atoms. The predicted octanol–water partition coefficient (Wildman–Crippen LogP) is 2.27. The van der Waals surface area contributed by atoms with Gasteiger partial charge in [0.1, 0.15) is 13.2 Å². The van der Waals surface area contributed by atoms with Gasteiger partial charge in [0.2, 0.25) is 0 Å². The van der Waals surface area contributed by atoms with Crippen LogP contribution in [0.25, 0.3) is 0 Å². The molecule has 0 saturated heterocycles. The van der Waals surface area contributed by atoms with Gasteiger partial charge < -0.3 is 9.47 Å². The van der Waals surface area contributed by atoms with Crippen molar-refractivity contribution in [3.05, 3.63) is 71.8 Å². The average molecular weight is 298 g/mol. The van der Waals surface area contributed by atoms with Crippen LogP contribution >= 0.6 is 0 Å². The normalized spacial score (nSPS) is 9.82. The lowest BCUT2D eigenvalue weighted by Crippen LogP contribution is -2.20. The SMILES string of the molecule is O=C(OCCOC(=O)c1ccccc1)C(=O)c1ccccc1. The van der Waals surface area contributed by atoms with Gasteiger partial charge >= 0.3 is 11.9 Å². The molecule has 22 heavy (non-hydrogen) atoms. The molecule has 0 N–H and O–H groups in total. The molecule has 0 radical (unpaired) electrons. The third kappa shape index (κ3) is 4.28. The van der Waals surface area contributed by atoms with Crippen LogP contribution < -0.4 is 0 Å². The summed E-state index contributed by atoms with van der Waals surface area (Å²) in [6.45, 7) is -0.280. The lowest BCUT2D eigenvalue weighted by atomic mass is 10.1. The summed E-state index contributed by atoms with van der Waals surface area (Å²) in [5, 5.41) is 0. The first-order valence-corrected chi connectivity index (χ1v) is 6.67.